The first-order valence-electron chi connectivity index (χ1n) is 13.6. The summed E-state index contributed by atoms with van der Waals surface area (Å²) in [6, 6.07) is 10.9. The number of allylic oxidation sites excluding steroid dienone is 1. The number of benzene rings is 2. The average Bonchev–Trinajstić information content (AvgIpc) is 3.11. The predicted octanol–water partition coefficient (Wildman–Crippen LogP) is 7.89. The van der Waals surface area contributed by atoms with E-state index in [0.29, 0.717) is 16.8 Å². The number of hydrogen-bond donors (Lipinski definition) is 2. The van der Waals surface area contributed by atoms with Crippen molar-refractivity contribution >= 4 is 23.5 Å². The normalized spacial score (nSPS) is 19.2. The minimum atomic E-state index is -0.376. The highest BCUT2D eigenvalue weighted by atomic mass is 16.5. The van der Waals surface area contributed by atoms with E-state index in [1.807, 2.05) is 71.9 Å². The second kappa shape index (κ2) is 11.3. The third kappa shape index (κ3) is 6.43. The maximum absolute atomic E-state index is 13.6. The smallest absolute Gasteiger partial charge is 0.337 e. The SMILES string of the molecule is CCCC1CC(CC(=O)c2cc(C(C)(C)C)c(O)c(C(C)(C)C)c2)C(=N)/C1=C/c1ccc(C(=O)OC)cc1. The molecule has 1 fully saturated rings. The van der Waals surface area contributed by atoms with E-state index in [1.165, 1.54) is 7.11 Å². The van der Waals surface area contributed by atoms with Crippen LogP contribution in [0.15, 0.2) is 42.0 Å². The summed E-state index contributed by atoms with van der Waals surface area (Å²) in [7, 11) is 1.36. The van der Waals surface area contributed by atoms with E-state index >= 15 is 0 Å². The largest absolute Gasteiger partial charge is 0.507 e. The van der Waals surface area contributed by atoms with E-state index in [9.17, 15) is 14.7 Å². The summed E-state index contributed by atoms with van der Waals surface area (Å²) in [5.74, 6) is -0.0275. The van der Waals surface area contributed by atoms with Gasteiger partial charge in [0.15, 0.2) is 5.78 Å². The van der Waals surface area contributed by atoms with E-state index in [0.717, 1.165) is 41.5 Å². The number of aromatic hydroxyl groups is 1. The van der Waals surface area contributed by atoms with Crippen LogP contribution in [0.5, 0.6) is 5.75 Å². The van der Waals surface area contributed by atoms with Crippen LogP contribution in [0.4, 0.5) is 0 Å². The van der Waals surface area contributed by atoms with E-state index < -0.39 is 0 Å². The number of carbonyl (C=O) groups is 2. The Balaban J connectivity index is 1.91. The molecule has 38 heavy (non-hydrogen) atoms. The number of ketones is 1. The lowest BCUT2D eigenvalue weighted by molar-refractivity contribution is 0.0600. The molecule has 0 aliphatic heterocycles. The highest BCUT2D eigenvalue weighted by Gasteiger charge is 2.36. The molecule has 0 saturated heterocycles. The van der Waals surface area contributed by atoms with Crippen molar-refractivity contribution in [2.75, 3.05) is 7.11 Å². The molecule has 2 aromatic rings. The molecule has 2 aromatic carbocycles. The number of phenolic OH excluding ortho intramolecular Hbond substituents is 1. The highest BCUT2D eigenvalue weighted by molar-refractivity contribution is 6.09. The number of carbonyl (C=O) groups excluding carboxylic acids is 2. The number of hydrogen-bond acceptors (Lipinski definition) is 5. The summed E-state index contributed by atoms with van der Waals surface area (Å²) in [5, 5.41) is 20.0. The van der Waals surface area contributed by atoms with Gasteiger partial charge in [-0.15, -0.1) is 0 Å². The first kappa shape index (κ1) is 29.3. The molecule has 2 unspecified atom stereocenters. The molecule has 3 rings (SSSR count). The van der Waals surface area contributed by atoms with E-state index in [2.05, 4.69) is 6.92 Å². The van der Waals surface area contributed by atoms with Crippen LogP contribution in [-0.4, -0.2) is 29.7 Å². The molecule has 0 bridgehead atoms. The zero-order valence-electron chi connectivity index (χ0n) is 24.2. The van der Waals surface area contributed by atoms with Gasteiger partial charge in [0, 0.05) is 34.7 Å². The van der Waals surface area contributed by atoms with E-state index in [1.54, 1.807) is 12.1 Å². The topological polar surface area (TPSA) is 87.5 Å². The second-order valence-corrected chi connectivity index (χ2v) is 12.6. The molecular formula is C33H43NO4. The molecule has 0 amide bonds. The fourth-order valence-corrected chi connectivity index (χ4v) is 5.34. The van der Waals surface area contributed by atoms with Crippen LogP contribution in [0, 0.1) is 17.2 Å². The highest BCUT2D eigenvalue weighted by Crippen LogP contribution is 2.42. The van der Waals surface area contributed by atoms with Gasteiger partial charge in [-0.1, -0.05) is 67.0 Å². The molecule has 0 radical (unpaired) electrons. The number of methoxy groups -OCH3 is 1. The van der Waals surface area contributed by atoms with Gasteiger partial charge < -0.3 is 15.3 Å². The van der Waals surface area contributed by atoms with Crippen LogP contribution in [0.1, 0.15) is 112 Å². The van der Waals surface area contributed by atoms with Gasteiger partial charge >= 0.3 is 5.97 Å². The Bertz CT molecular complexity index is 1200. The van der Waals surface area contributed by atoms with Crippen LogP contribution >= 0.6 is 0 Å². The van der Waals surface area contributed by atoms with Crippen LogP contribution in [0.25, 0.3) is 6.08 Å². The summed E-state index contributed by atoms with van der Waals surface area (Å²) in [6.07, 6.45) is 5.04. The van der Waals surface area contributed by atoms with Gasteiger partial charge in [0.2, 0.25) is 0 Å². The number of rotatable bonds is 7. The van der Waals surface area contributed by atoms with Gasteiger partial charge in [0.05, 0.1) is 12.7 Å². The van der Waals surface area contributed by atoms with Crippen molar-refractivity contribution in [1.82, 2.24) is 0 Å². The molecule has 2 atom stereocenters. The van der Waals surface area contributed by atoms with Crippen molar-refractivity contribution in [2.24, 2.45) is 11.8 Å². The van der Waals surface area contributed by atoms with Crippen molar-refractivity contribution in [3.05, 3.63) is 69.8 Å². The summed E-state index contributed by atoms with van der Waals surface area (Å²) < 4.78 is 4.79. The van der Waals surface area contributed by atoms with Crippen molar-refractivity contribution < 1.29 is 19.4 Å². The minimum absolute atomic E-state index is 0.00896. The summed E-state index contributed by atoms with van der Waals surface area (Å²) in [5.41, 5.74) is 4.44. The van der Waals surface area contributed by atoms with Crippen molar-refractivity contribution in [3.8, 4) is 5.75 Å². The van der Waals surface area contributed by atoms with Crippen molar-refractivity contribution in [1.29, 1.82) is 5.41 Å². The molecule has 1 aliphatic carbocycles. The standard InChI is InChI=1S/C33H43NO4/c1-9-10-22-16-24(29(34)25(22)15-20-11-13-21(14-12-20)31(37)38-8)19-28(35)23-17-26(32(2,3)4)30(36)27(18-23)33(5,6)7/h11-15,17-18,22,24,34,36H,9-10,16,19H2,1-8H3/b25-15+,34-29?. The van der Waals surface area contributed by atoms with Gasteiger partial charge in [-0.05, 0) is 71.1 Å². The first-order valence-corrected chi connectivity index (χ1v) is 13.6. The van der Waals surface area contributed by atoms with Crippen molar-refractivity contribution in [3.63, 3.8) is 0 Å². The molecule has 0 spiro atoms. The molecular weight excluding hydrogens is 474 g/mol. The number of Topliss-reactive ketones (excluding diaryl/α,β-unsaturated/α-hetero) is 1. The zero-order chi connectivity index (χ0) is 28.4. The third-order valence-corrected chi connectivity index (χ3v) is 7.50. The lowest BCUT2D eigenvalue weighted by atomic mass is 9.77. The summed E-state index contributed by atoms with van der Waals surface area (Å²) in [4.78, 5) is 25.4. The molecule has 0 aromatic heterocycles. The van der Waals surface area contributed by atoms with Crippen LogP contribution < -0.4 is 0 Å². The fourth-order valence-electron chi connectivity index (χ4n) is 5.34. The summed E-state index contributed by atoms with van der Waals surface area (Å²) in [6.45, 7) is 14.4. The first-order chi connectivity index (χ1) is 17.7. The van der Waals surface area contributed by atoms with Gasteiger partial charge in [-0.3, -0.25) is 4.79 Å². The Morgan fingerprint density at radius 2 is 1.53 bits per heavy atom. The van der Waals surface area contributed by atoms with Crippen LogP contribution in [0.3, 0.4) is 0 Å². The monoisotopic (exact) mass is 517 g/mol. The fraction of sp³-hybridized carbons (Fsp3) is 0.485. The Morgan fingerprint density at radius 1 is 0.974 bits per heavy atom. The van der Waals surface area contributed by atoms with Gasteiger partial charge in [0.25, 0.3) is 0 Å². The van der Waals surface area contributed by atoms with Gasteiger partial charge in [0.1, 0.15) is 5.75 Å². The maximum atomic E-state index is 13.6. The Labute approximate surface area is 227 Å². The predicted molar refractivity (Wildman–Crippen MR) is 154 cm³/mol. The van der Waals surface area contributed by atoms with Crippen LogP contribution in [-0.2, 0) is 15.6 Å². The molecule has 2 N–H and O–H groups in total. The molecule has 1 aliphatic rings. The minimum Gasteiger partial charge on any atom is -0.507 e. The average molecular weight is 518 g/mol. The van der Waals surface area contributed by atoms with E-state index in [-0.39, 0.29) is 46.6 Å². The maximum Gasteiger partial charge on any atom is 0.337 e. The number of esters is 1. The van der Waals surface area contributed by atoms with Gasteiger partial charge in [-0.2, -0.15) is 0 Å². The summed E-state index contributed by atoms with van der Waals surface area (Å²) >= 11 is 0. The Hall–Kier alpha value is -3.21. The molecule has 5 nitrogen and oxygen atoms in total. The number of phenols is 1. The Morgan fingerprint density at radius 3 is 2.00 bits per heavy atom. The second-order valence-electron chi connectivity index (χ2n) is 12.6. The molecule has 0 heterocycles. The van der Waals surface area contributed by atoms with E-state index in [4.69, 9.17) is 10.1 Å². The number of nitrogens with one attached hydrogen (secondary N) is 1. The lowest BCUT2D eigenvalue weighted by Crippen LogP contribution is -2.20. The third-order valence-electron chi connectivity index (χ3n) is 7.50. The number of ether oxygens (including phenoxy) is 1. The zero-order valence-corrected chi connectivity index (χ0v) is 24.2. The van der Waals surface area contributed by atoms with Crippen LogP contribution in [0.2, 0.25) is 0 Å². The lowest BCUT2D eigenvalue weighted by Gasteiger charge is -2.28. The molecule has 5 heteroatoms. The molecule has 1 saturated carbocycles. The van der Waals surface area contributed by atoms with Crippen molar-refractivity contribution in [2.45, 2.75) is 85.0 Å². The Kier molecular flexibility index (Phi) is 8.70. The van der Waals surface area contributed by atoms with Gasteiger partial charge in [-0.25, -0.2) is 4.79 Å². The molecule has 204 valence electrons. The quantitative estimate of drug-likeness (QED) is 0.289.